The Kier molecular flexibility index (Phi) is 3.86. The molecule has 1 spiro atoms. The maximum Gasteiger partial charge on any atom is 0.168 e. The number of nitriles is 1. The van der Waals surface area contributed by atoms with Gasteiger partial charge in [-0.15, -0.1) is 0 Å². The van der Waals surface area contributed by atoms with E-state index >= 15 is 0 Å². The van der Waals surface area contributed by atoms with Crippen LogP contribution in [-0.2, 0) is 9.47 Å². The Hall–Kier alpha value is -1.64. The zero-order chi connectivity index (χ0) is 13.8. The van der Waals surface area contributed by atoms with Gasteiger partial charge in [0, 0.05) is 19.4 Å². The second-order valence-electron chi connectivity index (χ2n) is 5.42. The molecule has 2 fully saturated rings. The summed E-state index contributed by atoms with van der Waals surface area (Å²) in [6, 6.07) is 7.40. The molecular formula is C15H19N3O2. The van der Waals surface area contributed by atoms with E-state index in [4.69, 9.17) is 14.7 Å². The van der Waals surface area contributed by atoms with Gasteiger partial charge in [-0.1, -0.05) is 12.5 Å². The largest absolute Gasteiger partial charge is 0.367 e. The summed E-state index contributed by atoms with van der Waals surface area (Å²) in [6.07, 6.45) is 5.72. The molecule has 2 heterocycles. The van der Waals surface area contributed by atoms with Crippen molar-refractivity contribution in [3.8, 4) is 6.07 Å². The average molecular weight is 273 g/mol. The molecule has 1 aromatic heterocycles. The Morgan fingerprint density at radius 1 is 1.35 bits per heavy atom. The van der Waals surface area contributed by atoms with E-state index in [2.05, 4.69) is 10.3 Å². The predicted molar refractivity (Wildman–Crippen MR) is 74.1 cm³/mol. The number of aromatic nitrogens is 1. The molecule has 2 aliphatic rings. The van der Waals surface area contributed by atoms with Crippen LogP contribution in [0.1, 0.15) is 37.8 Å². The van der Waals surface area contributed by atoms with Crippen molar-refractivity contribution in [1.82, 2.24) is 4.98 Å². The van der Waals surface area contributed by atoms with Crippen LogP contribution in [0, 0.1) is 11.3 Å². The highest BCUT2D eigenvalue weighted by atomic mass is 16.7. The van der Waals surface area contributed by atoms with Crippen molar-refractivity contribution < 1.29 is 9.47 Å². The second kappa shape index (κ2) is 5.78. The highest BCUT2D eigenvalue weighted by molar-refractivity contribution is 5.38. The zero-order valence-electron chi connectivity index (χ0n) is 11.5. The lowest BCUT2D eigenvalue weighted by atomic mass is 9.94. The number of anilines is 1. The van der Waals surface area contributed by atoms with Gasteiger partial charge in [0.15, 0.2) is 5.79 Å². The topological polar surface area (TPSA) is 67.2 Å². The van der Waals surface area contributed by atoms with E-state index in [9.17, 15) is 0 Å². The molecule has 0 aromatic carbocycles. The zero-order valence-corrected chi connectivity index (χ0v) is 11.5. The summed E-state index contributed by atoms with van der Waals surface area (Å²) in [5.41, 5.74) is 0.419. The smallest absolute Gasteiger partial charge is 0.168 e. The number of nitrogens with zero attached hydrogens (tertiary/aromatic N) is 2. The van der Waals surface area contributed by atoms with Crippen LogP contribution in [0.2, 0.25) is 0 Å². The van der Waals surface area contributed by atoms with E-state index < -0.39 is 0 Å². The molecule has 0 radical (unpaired) electrons. The fraction of sp³-hybridized carbons (Fsp3) is 0.600. The third-order valence-electron chi connectivity index (χ3n) is 3.90. The first-order valence-corrected chi connectivity index (χ1v) is 7.22. The molecule has 0 bridgehead atoms. The Labute approximate surface area is 118 Å². The van der Waals surface area contributed by atoms with Crippen molar-refractivity contribution in [2.45, 2.75) is 44.0 Å². The second-order valence-corrected chi connectivity index (χ2v) is 5.42. The molecule has 5 nitrogen and oxygen atoms in total. The number of hydrogen-bond donors (Lipinski definition) is 1. The van der Waals surface area contributed by atoms with Gasteiger partial charge < -0.3 is 14.8 Å². The van der Waals surface area contributed by atoms with Crippen LogP contribution in [0.4, 0.5) is 5.82 Å². The minimum atomic E-state index is -0.327. The Bertz CT molecular complexity index is 506. The molecular weight excluding hydrogens is 254 g/mol. The molecule has 1 aromatic rings. The molecule has 0 unspecified atom stereocenters. The number of ether oxygens (including phenoxy) is 2. The lowest BCUT2D eigenvalue weighted by Crippen LogP contribution is -2.34. The summed E-state index contributed by atoms with van der Waals surface area (Å²) in [5.74, 6) is 0.379. The summed E-state index contributed by atoms with van der Waals surface area (Å²) >= 11 is 0. The molecule has 1 N–H and O–H groups in total. The molecule has 3 rings (SSSR count). The van der Waals surface area contributed by atoms with Crippen molar-refractivity contribution in [1.29, 1.82) is 5.26 Å². The third kappa shape index (κ3) is 2.92. The summed E-state index contributed by atoms with van der Waals surface area (Å²) in [5, 5.41) is 12.0. The molecule has 0 amide bonds. The van der Waals surface area contributed by atoms with E-state index in [0.29, 0.717) is 24.7 Å². The third-order valence-corrected chi connectivity index (χ3v) is 3.90. The van der Waals surface area contributed by atoms with Gasteiger partial charge in [0.1, 0.15) is 23.7 Å². The lowest BCUT2D eigenvalue weighted by Gasteiger charge is -2.31. The van der Waals surface area contributed by atoms with Crippen molar-refractivity contribution in [3.05, 3.63) is 23.9 Å². The maximum absolute atomic E-state index is 8.82. The van der Waals surface area contributed by atoms with Crippen LogP contribution in [0.15, 0.2) is 18.2 Å². The van der Waals surface area contributed by atoms with Gasteiger partial charge in [0.05, 0.1) is 6.61 Å². The summed E-state index contributed by atoms with van der Waals surface area (Å²) < 4.78 is 12.0. The number of hydrogen-bond acceptors (Lipinski definition) is 5. The number of pyridine rings is 1. The van der Waals surface area contributed by atoms with Crippen molar-refractivity contribution in [3.63, 3.8) is 0 Å². The van der Waals surface area contributed by atoms with E-state index in [1.54, 1.807) is 6.07 Å². The van der Waals surface area contributed by atoms with Crippen molar-refractivity contribution >= 4 is 5.82 Å². The molecule has 5 heteroatoms. The van der Waals surface area contributed by atoms with Crippen LogP contribution in [-0.4, -0.2) is 30.0 Å². The molecule has 106 valence electrons. The van der Waals surface area contributed by atoms with E-state index in [1.807, 2.05) is 18.2 Å². The summed E-state index contributed by atoms with van der Waals surface area (Å²) in [7, 11) is 0. The van der Waals surface area contributed by atoms with Gasteiger partial charge >= 0.3 is 0 Å². The van der Waals surface area contributed by atoms with Crippen LogP contribution >= 0.6 is 0 Å². The van der Waals surface area contributed by atoms with Crippen LogP contribution < -0.4 is 5.32 Å². The number of rotatable bonds is 3. The van der Waals surface area contributed by atoms with Crippen LogP contribution in [0.25, 0.3) is 0 Å². The van der Waals surface area contributed by atoms with Gasteiger partial charge in [0.25, 0.3) is 0 Å². The first kappa shape index (κ1) is 13.3. The highest BCUT2D eigenvalue weighted by Gasteiger charge is 2.41. The fourth-order valence-corrected chi connectivity index (χ4v) is 2.88. The Morgan fingerprint density at radius 2 is 2.20 bits per heavy atom. The number of nitrogens with one attached hydrogen (secondary N) is 1. The minimum Gasteiger partial charge on any atom is -0.367 e. The van der Waals surface area contributed by atoms with E-state index in [-0.39, 0.29) is 11.9 Å². The molecule has 1 aliphatic carbocycles. The summed E-state index contributed by atoms with van der Waals surface area (Å²) in [4.78, 5) is 4.19. The van der Waals surface area contributed by atoms with Gasteiger partial charge in [-0.25, -0.2) is 4.98 Å². The fourth-order valence-electron chi connectivity index (χ4n) is 2.88. The van der Waals surface area contributed by atoms with E-state index in [0.717, 1.165) is 12.8 Å². The normalized spacial score (nSPS) is 24.4. The first-order chi connectivity index (χ1) is 9.80. The molecule has 1 saturated heterocycles. The van der Waals surface area contributed by atoms with E-state index in [1.165, 1.54) is 19.3 Å². The standard InChI is InChI=1S/C15H19N3O2/c16-9-12-5-4-6-14(18-12)17-10-13-11-19-15(20-13)7-2-1-3-8-15/h4-6,13H,1-3,7-8,10-11H2,(H,17,18)/t13-/m0/s1. The molecule has 1 atom stereocenters. The predicted octanol–water partition coefficient (Wildman–Crippen LogP) is 2.44. The average Bonchev–Trinajstić information content (AvgIpc) is 2.89. The molecule has 20 heavy (non-hydrogen) atoms. The monoisotopic (exact) mass is 273 g/mol. The van der Waals surface area contributed by atoms with Crippen LogP contribution in [0.3, 0.4) is 0 Å². The SMILES string of the molecule is N#Cc1cccc(NC[C@H]2COC3(CCCCC3)O2)n1. The summed E-state index contributed by atoms with van der Waals surface area (Å²) in [6.45, 7) is 1.29. The van der Waals surface area contributed by atoms with Gasteiger partial charge in [-0.3, -0.25) is 0 Å². The maximum atomic E-state index is 8.82. The molecule has 1 aliphatic heterocycles. The van der Waals surface area contributed by atoms with Gasteiger partial charge in [-0.05, 0) is 25.0 Å². The van der Waals surface area contributed by atoms with Crippen LogP contribution in [0.5, 0.6) is 0 Å². The highest BCUT2D eigenvalue weighted by Crippen LogP contribution is 2.37. The van der Waals surface area contributed by atoms with Gasteiger partial charge in [-0.2, -0.15) is 5.26 Å². The van der Waals surface area contributed by atoms with Crippen molar-refractivity contribution in [2.24, 2.45) is 0 Å². The van der Waals surface area contributed by atoms with Crippen molar-refractivity contribution in [2.75, 3.05) is 18.5 Å². The Morgan fingerprint density at radius 3 is 3.00 bits per heavy atom. The van der Waals surface area contributed by atoms with Gasteiger partial charge in [0.2, 0.25) is 0 Å². The first-order valence-electron chi connectivity index (χ1n) is 7.22. The quantitative estimate of drug-likeness (QED) is 0.916. The lowest BCUT2D eigenvalue weighted by molar-refractivity contribution is -0.185. The molecule has 1 saturated carbocycles. The Balaban J connectivity index is 1.53. The minimum absolute atomic E-state index is 0.0561.